The molecule has 138 valence electrons. The van der Waals surface area contributed by atoms with Crippen LogP contribution in [0.2, 0.25) is 10.0 Å². The van der Waals surface area contributed by atoms with E-state index in [2.05, 4.69) is 13.8 Å². The third kappa shape index (κ3) is 5.75. The van der Waals surface area contributed by atoms with Gasteiger partial charge in [0.2, 0.25) is 0 Å². The molecule has 6 heteroatoms. The van der Waals surface area contributed by atoms with Gasteiger partial charge in [-0.2, -0.15) is 0 Å². The van der Waals surface area contributed by atoms with Crippen molar-refractivity contribution >= 4 is 35.1 Å². The number of ether oxygens (including phenoxy) is 2. The van der Waals surface area contributed by atoms with E-state index in [0.29, 0.717) is 17.5 Å². The molecule has 2 rings (SSSR count). The summed E-state index contributed by atoms with van der Waals surface area (Å²) in [5.41, 5.74) is 0.300. The van der Waals surface area contributed by atoms with Crippen molar-refractivity contribution in [3.63, 3.8) is 0 Å². The molecule has 0 spiro atoms. The molecule has 4 nitrogen and oxygen atoms in total. The lowest BCUT2D eigenvalue weighted by atomic mass is 10.1. The van der Waals surface area contributed by atoms with Gasteiger partial charge < -0.3 is 9.47 Å². The molecule has 0 fully saturated rings. The second-order valence-electron chi connectivity index (χ2n) is 6.18. The van der Waals surface area contributed by atoms with Crippen molar-refractivity contribution in [2.45, 2.75) is 26.7 Å². The van der Waals surface area contributed by atoms with Crippen LogP contribution in [-0.4, -0.2) is 18.5 Å². The first-order valence-electron chi connectivity index (χ1n) is 8.32. The first-order chi connectivity index (χ1) is 12.4. The Balaban J connectivity index is 2.08. The fraction of sp³-hybridized carbons (Fsp3) is 0.300. The van der Waals surface area contributed by atoms with Gasteiger partial charge in [-0.15, -0.1) is 0 Å². The third-order valence-corrected chi connectivity index (χ3v) is 4.37. The maximum Gasteiger partial charge on any atom is 0.344 e. The lowest BCUT2D eigenvalue weighted by molar-refractivity contribution is 0.0486. The van der Waals surface area contributed by atoms with Crippen LogP contribution in [0.4, 0.5) is 0 Å². The number of esters is 2. The second kappa shape index (κ2) is 9.60. The van der Waals surface area contributed by atoms with Gasteiger partial charge in [0, 0.05) is 6.07 Å². The van der Waals surface area contributed by atoms with Crippen LogP contribution in [-0.2, 0) is 4.74 Å². The van der Waals surface area contributed by atoms with Crippen LogP contribution in [0.3, 0.4) is 0 Å². The van der Waals surface area contributed by atoms with Crippen molar-refractivity contribution in [2.24, 2.45) is 5.92 Å². The van der Waals surface area contributed by atoms with Crippen LogP contribution in [0, 0.1) is 5.92 Å². The Bertz CT molecular complexity index is 787. The van der Waals surface area contributed by atoms with E-state index < -0.39 is 11.9 Å². The van der Waals surface area contributed by atoms with Gasteiger partial charge in [0.25, 0.3) is 0 Å². The zero-order valence-corrected chi connectivity index (χ0v) is 16.1. The van der Waals surface area contributed by atoms with Gasteiger partial charge in [0.1, 0.15) is 5.75 Å². The maximum absolute atomic E-state index is 12.4. The lowest BCUT2D eigenvalue weighted by Gasteiger charge is -2.10. The highest BCUT2D eigenvalue weighted by atomic mass is 35.5. The zero-order valence-electron chi connectivity index (χ0n) is 14.6. The van der Waals surface area contributed by atoms with Crippen molar-refractivity contribution in [1.29, 1.82) is 0 Å². The normalized spacial score (nSPS) is 10.7. The van der Waals surface area contributed by atoms with E-state index in [4.69, 9.17) is 32.7 Å². The molecule has 0 atom stereocenters. The number of rotatable bonds is 7. The topological polar surface area (TPSA) is 52.6 Å². The van der Waals surface area contributed by atoms with Crippen LogP contribution in [0.5, 0.6) is 5.75 Å². The average molecular weight is 395 g/mol. The minimum atomic E-state index is -0.668. The highest BCUT2D eigenvalue weighted by Crippen LogP contribution is 2.27. The lowest BCUT2D eigenvalue weighted by Crippen LogP contribution is -2.16. The summed E-state index contributed by atoms with van der Waals surface area (Å²) >= 11 is 11.8. The molecule has 0 aromatic heterocycles. The minimum absolute atomic E-state index is 0.132. The second-order valence-corrected chi connectivity index (χ2v) is 7.00. The molecule has 0 bridgehead atoms. The monoisotopic (exact) mass is 394 g/mol. The van der Waals surface area contributed by atoms with Crippen LogP contribution >= 0.6 is 23.2 Å². The average Bonchev–Trinajstić information content (AvgIpc) is 2.61. The molecule has 0 aliphatic carbocycles. The summed E-state index contributed by atoms with van der Waals surface area (Å²) in [6.45, 7) is 4.53. The summed E-state index contributed by atoms with van der Waals surface area (Å²) < 4.78 is 10.6. The summed E-state index contributed by atoms with van der Waals surface area (Å²) in [7, 11) is 0. The molecule has 2 aromatic rings. The summed E-state index contributed by atoms with van der Waals surface area (Å²) in [5, 5.41) is 0.631. The highest BCUT2D eigenvalue weighted by molar-refractivity contribution is 6.42. The maximum atomic E-state index is 12.4. The van der Waals surface area contributed by atoms with Crippen LogP contribution in [0.1, 0.15) is 47.4 Å². The number of hydrogen-bond donors (Lipinski definition) is 0. The Hall–Kier alpha value is -2.04. The molecule has 0 heterocycles. The molecule has 0 aliphatic heterocycles. The Morgan fingerprint density at radius 2 is 1.62 bits per heavy atom. The standard InChI is InChI=1S/C20H20Cl2O4/c1-13(2)6-5-11-25-19(23)15-7-3-4-8-16(15)20(24)26-14-9-10-17(21)18(22)12-14/h3-4,7-10,12-13H,5-6,11H2,1-2H3. The third-order valence-electron chi connectivity index (χ3n) is 3.63. The molecule has 0 amide bonds. The molecular weight excluding hydrogens is 375 g/mol. The first kappa shape index (κ1) is 20.3. The highest BCUT2D eigenvalue weighted by Gasteiger charge is 2.19. The van der Waals surface area contributed by atoms with E-state index in [9.17, 15) is 9.59 Å². The SMILES string of the molecule is CC(C)CCCOC(=O)c1ccccc1C(=O)Oc1ccc(Cl)c(Cl)c1. The predicted molar refractivity (Wildman–Crippen MR) is 102 cm³/mol. The molecule has 0 radical (unpaired) electrons. The van der Waals surface area contributed by atoms with Crippen molar-refractivity contribution in [3.05, 3.63) is 63.6 Å². The van der Waals surface area contributed by atoms with Gasteiger partial charge in [-0.3, -0.25) is 0 Å². The predicted octanol–water partition coefficient (Wildman–Crippen LogP) is 5.81. The fourth-order valence-electron chi connectivity index (χ4n) is 2.28. The van der Waals surface area contributed by atoms with Gasteiger partial charge in [-0.25, -0.2) is 9.59 Å². The van der Waals surface area contributed by atoms with Crippen molar-refractivity contribution in [2.75, 3.05) is 6.61 Å². The summed E-state index contributed by atoms with van der Waals surface area (Å²) in [6.07, 6.45) is 1.74. The summed E-state index contributed by atoms with van der Waals surface area (Å²) in [6, 6.07) is 10.9. The van der Waals surface area contributed by atoms with E-state index in [1.54, 1.807) is 12.1 Å². The van der Waals surface area contributed by atoms with Crippen molar-refractivity contribution in [3.8, 4) is 5.75 Å². The molecule has 2 aromatic carbocycles. The van der Waals surface area contributed by atoms with Crippen molar-refractivity contribution in [1.82, 2.24) is 0 Å². The van der Waals surface area contributed by atoms with Crippen LogP contribution in [0.25, 0.3) is 0 Å². The number of hydrogen-bond acceptors (Lipinski definition) is 4. The Kier molecular flexibility index (Phi) is 7.49. The molecule has 26 heavy (non-hydrogen) atoms. The molecular formula is C20H20Cl2O4. The number of benzene rings is 2. The van der Waals surface area contributed by atoms with Gasteiger partial charge in [-0.05, 0) is 43.0 Å². The molecule has 0 unspecified atom stereocenters. The largest absolute Gasteiger partial charge is 0.462 e. The smallest absolute Gasteiger partial charge is 0.344 e. The quantitative estimate of drug-likeness (QED) is 0.338. The van der Waals surface area contributed by atoms with E-state index >= 15 is 0 Å². The van der Waals surface area contributed by atoms with E-state index in [1.165, 1.54) is 30.3 Å². The van der Waals surface area contributed by atoms with Gasteiger partial charge in [-0.1, -0.05) is 49.2 Å². The first-order valence-corrected chi connectivity index (χ1v) is 9.07. The van der Waals surface area contributed by atoms with Gasteiger partial charge in [0.15, 0.2) is 0 Å². The molecule has 0 aliphatic rings. The van der Waals surface area contributed by atoms with Crippen LogP contribution < -0.4 is 4.74 Å². The molecule has 0 N–H and O–H groups in total. The number of halogens is 2. The molecule has 0 saturated heterocycles. The Labute approximate surface area is 163 Å². The Morgan fingerprint density at radius 3 is 2.23 bits per heavy atom. The number of carbonyl (C=O) groups excluding carboxylic acids is 2. The zero-order chi connectivity index (χ0) is 19.1. The Morgan fingerprint density at radius 1 is 0.962 bits per heavy atom. The summed E-state index contributed by atoms with van der Waals surface area (Å²) in [5.74, 6) is -0.430. The van der Waals surface area contributed by atoms with E-state index in [0.717, 1.165) is 12.8 Å². The van der Waals surface area contributed by atoms with E-state index in [-0.39, 0.29) is 21.9 Å². The fourth-order valence-corrected chi connectivity index (χ4v) is 2.56. The minimum Gasteiger partial charge on any atom is -0.462 e. The van der Waals surface area contributed by atoms with Gasteiger partial charge >= 0.3 is 11.9 Å². The summed E-state index contributed by atoms with van der Waals surface area (Å²) in [4.78, 5) is 24.7. The number of carbonyl (C=O) groups is 2. The van der Waals surface area contributed by atoms with Crippen molar-refractivity contribution < 1.29 is 19.1 Å². The van der Waals surface area contributed by atoms with E-state index in [1.807, 2.05) is 0 Å². The molecule has 0 saturated carbocycles. The van der Waals surface area contributed by atoms with Crippen LogP contribution in [0.15, 0.2) is 42.5 Å². The van der Waals surface area contributed by atoms with Gasteiger partial charge in [0.05, 0.1) is 27.8 Å².